The van der Waals surface area contributed by atoms with Crippen molar-refractivity contribution < 1.29 is 4.79 Å². The molecule has 0 radical (unpaired) electrons. The van der Waals surface area contributed by atoms with Crippen molar-refractivity contribution in [3.63, 3.8) is 0 Å². The van der Waals surface area contributed by atoms with Crippen LogP contribution in [0.1, 0.15) is 22.8 Å². The number of ketones is 1. The van der Waals surface area contributed by atoms with Gasteiger partial charge in [0.05, 0.1) is 0 Å². The second-order valence-corrected chi connectivity index (χ2v) is 4.66. The van der Waals surface area contributed by atoms with Crippen LogP contribution in [0.4, 0.5) is 0 Å². The molecule has 0 heterocycles. The number of carbonyl (C=O) groups excluding carboxylic acids is 1. The Morgan fingerprint density at radius 1 is 1.00 bits per heavy atom. The van der Waals surface area contributed by atoms with Crippen LogP contribution < -0.4 is 0 Å². The first-order valence-electron chi connectivity index (χ1n) is 6.65. The second-order valence-electron chi connectivity index (χ2n) is 4.66. The van der Waals surface area contributed by atoms with Gasteiger partial charge >= 0.3 is 0 Å². The molecule has 0 saturated heterocycles. The van der Waals surface area contributed by atoms with E-state index in [4.69, 9.17) is 0 Å². The van der Waals surface area contributed by atoms with Crippen molar-refractivity contribution in [2.24, 2.45) is 0 Å². The maximum atomic E-state index is 12.2. The molecule has 21 heavy (non-hydrogen) atoms. The number of benzene rings is 2. The maximum Gasteiger partial charge on any atom is 0.203 e. The second kappa shape index (κ2) is 7.02. The van der Waals surface area contributed by atoms with E-state index in [0.717, 1.165) is 11.1 Å². The van der Waals surface area contributed by atoms with E-state index >= 15 is 0 Å². The summed E-state index contributed by atoms with van der Waals surface area (Å²) in [6, 6.07) is 20.6. The third kappa shape index (κ3) is 4.02. The van der Waals surface area contributed by atoms with Crippen molar-refractivity contribution in [3.8, 4) is 6.07 Å². The van der Waals surface area contributed by atoms with Crippen molar-refractivity contribution >= 4 is 11.9 Å². The molecule has 2 aromatic carbocycles. The largest absolute Gasteiger partial charge is 0.288 e. The maximum absolute atomic E-state index is 12.2. The molecule has 102 valence electrons. The van der Waals surface area contributed by atoms with Gasteiger partial charge in [0.1, 0.15) is 11.6 Å². The van der Waals surface area contributed by atoms with E-state index in [0.29, 0.717) is 5.56 Å². The highest BCUT2D eigenvalue weighted by Gasteiger charge is 2.11. The molecule has 0 unspecified atom stereocenters. The van der Waals surface area contributed by atoms with Gasteiger partial charge < -0.3 is 0 Å². The molecule has 0 atom stereocenters. The molecule has 2 aromatic rings. The van der Waals surface area contributed by atoms with Gasteiger partial charge in [-0.25, -0.2) is 0 Å². The normalized spacial score (nSPS) is 11.8. The summed E-state index contributed by atoms with van der Waals surface area (Å²) in [7, 11) is 0. The molecule has 2 rings (SSSR count). The monoisotopic (exact) mass is 273 g/mol. The van der Waals surface area contributed by atoms with Crippen LogP contribution in [0.3, 0.4) is 0 Å². The van der Waals surface area contributed by atoms with Gasteiger partial charge in [-0.1, -0.05) is 66.7 Å². The highest BCUT2D eigenvalue weighted by atomic mass is 16.1. The Bertz CT molecular complexity index is 719. The van der Waals surface area contributed by atoms with Crippen LogP contribution in [-0.4, -0.2) is 5.78 Å². The number of nitriles is 1. The van der Waals surface area contributed by atoms with Crippen LogP contribution in [0.25, 0.3) is 6.08 Å². The molecule has 0 aliphatic heterocycles. The fourth-order valence-electron chi connectivity index (χ4n) is 1.98. The molecule has 0 aliphatic rings. The average Bonchev–Trinajstić information content (AvgIpc) is 2.53. The highest BCUT2D eigenvalue weighted by Crippen LogP contribution is 2.13. The first kappa shape index (κ1) is 14.5. The molecular weight excluding hydrogens is 258 g/mol. The van der Waals surface area contributed by atoms with Gasteiger partial charge in [0, 0.05) is 5.56 Å². The van der Waals surface area contributed by atoms with Gasteiger partial charge in [0.2, 0.25) is 5.78 Å². The predicted molar refractivity (Wildman–Crippen MR) is 84.6 cm³/mol. The van der Waals surface area contributed by atoms with E-state index in [1.54, 1.807) is 30.3 Å². The molecule has 0 aliphatic carbocycles. The average molecular weight is 273 g/mol. The summed E-state index contributed by atoms with van der Waals surface area (Å²) >= 11 is 0. The third-order valence-electron chi connectivity index (χ3n) is 2.97. The minimum atomic E-state index is -0.251. The third-order valence-corrected chi connectivity index (χ3v) is 2.97. The van der Waals surface area contributed by atoms with Crippen LogP contribution in [0.5, 0.6) is 0 Å². The topological polar surface area (TPSA) is 40.9 Å². The van der Waals surface area contributed by atoms with E-state index in [1.165, 1.54) is 0 Å². The number of Topliss-reactive ketones (excluding diaryl/α,β-unsaturated/α-hetero) is 1. The first-order valence-corrected chi connectivity index (χ1v) is 6.65. The van der Waals surface area contributed by atoms with Crippen molar-refractivity contribution in [3.05, 3.63) is 89.0 Å². The van der Waals surface area contributed by atoms with Crippen LogP contribution >= 0.6 is 0 Å². The van der Waals surface area contributed by atoms with Gasteiger partial charge in [0.25, 0.3) is 0 Å². The van der Waals surface area contributed by atoms with Gasteiger partial charge in [-0.2, -0.15) is 5.26 Å². The minimum absolute atomic E-state index is 0.144. The Balaban J connectivity index is 2.27. The number of allylic oxidation sites excluding steroid dienone is 3. The molecule has 0 aromatic heterocycles. The van der Waals surface area contributed by atoms with Crippen molar-refractivity contribution in [1.29, 1.82) is 5.26 Å². The minimum Gasteiger partial charge on any atom is -0.288 e. The van der Waals surface area contributed by atoms with E-state index in [1.807, 2.05) is 55.5 Å². The highest BCUT2D eigenvalue weighted by molar-refractivity contribution is 6.11. The summed E-state index contributed by atoms with van der Waals surface area (Å²) < 4.78 is 0. The van der Waals surface area contributed by atoms with Crippen molar-refractivity contribution in [1.82, 2.24) is 0 Å². The Morgan fingerprint density at radius 3 is 2.14 bits per heavy atom. The quantitative estimate of drug-likeness (QED) is 0.358. The van der Waals surface area contributed by atoms with Gasteiger partial charge in [-0.15, -0.1) is 0 Å². The van der Waals surface area contributed by atoms with E-state index in [2.05, 4.69) is 0 Å². The van der Waals surface area contributed by atoms with Crippen molar-refractivity contribution in [2.45, 2.75) is 6.92 Å². The molecule has 0 saturated carbocycles. The zero-order valence-corrected chi connectivity index (χ0v) is 11.8. The molecule has 0 spiro atoms. The molecule has 0 amide bonds. The number of hydrogen-bond acceptors (Lipinski definition) is 2. The van der Waals surface area contributed by atoms with Crippen LogP contribution in [-0.2, 0) is 0 Å². The fourth-order valence-corrected chi connectivity index (χ4v) is 1.98. The number of nitrogens with zero attached hydrogens (tertiary/aromatic N) is 1. The lowest BCUT2D eigenvalue weighted by Gasteiger charge is -2.00. The van der Waals surface area contributed by atoms with Crippen LogP contribution in [0, 0.1) is 11.3 Å². The summed E-state index contributed by atoms with van der Waals surface area (Å²) in [6.45, 7) is 1.88. The first-order chi connectivity index (χ1) is 10.2. The molecule has 0 fully saturated rings. The number of hydrogen-bond donors (Lipinski definition) is 0. The fraction of sp³-hybridized carbons (Fsp3) is 0.0526. The van der Waals surface area contributed by atoms with Crippen molar-refractivity contribution in [2.75, 3.05) is 0 Å². The molecule has 0 N–H and O–H groups in total. The Hall–Kier alpha value is -2.92. The lowest BCUT2D eigenvalue weighted by molar-refractivity contribution is 0.103. The molecule has 2 heteroatoms. The summed E-state index contributed by atoms with van der Waals surface area (Å²) in [5.41, 5.74) is 2.57. The standard InChI is InChI=1S/C19H15NO/c1-15(12-16-8-4-2-5-9-16)13-18(14-20)19(21)17-10-6-3-7-11-17/h2-13H,1H3/b15-12+,18-13+. The van der Waals surface area contributed by atoms with Gasteiger partial charge in [-0.3, -0.25) is 4.79 Å². The van der Waals surface area contributed by atoms with E-state index < -0.39 is 0 Å². The van der Waals surface area contributed by atoms with E-state index in [-0.39, 0.29) is 11.4 Å². The summed E-state index contributed by atoms with van der Waals surface area (Å²) in [5, 5.41) is 9.21. The number of rotatable bonds is 4. The molecule has 0 bridgehead atoms. The molecular formula is C19H15NO. The number of carbonyl (C=O) groups is 1. The molecule has 2 nitrogen and oxygen atoms in total. The van der Waals surface area contributed by atoms with Gasteiger partial charge in [0.15, 0.2) is 0 Å². The summed E-state index contributed by atoms with van der Waals surface area (Å²) in [5.74, 6) is -0.251. The Labute approximate surface area is 124 Å². The lowest BCUT2D eigenvalue weighted by Crippen LogP contribution is -2.01. The Kier molecular flexibility index (Phi) is 4.84. The van der Waals surface area contributed by atoms with Crippen LogP contribution in [0.15, 0.2) is 77.9 Å². The zero-order chi connectivity index (χ0) is 15.1. The predicted octanol–water partition coefficient (Wildman–Crippen LogP) is 4.42. The zero-order valence-electron chi connectivity index (χ0n) is 11.8. The SMILES string of the molecule is CC(=C\c1ccccc1)/C=C(\C#N)C(=O)c1ccccc1. The Morgan fingerprint density at radius 2 is 1.57 bits per heavy atom. The smallest absolute Gasteiger partial charge is 0.203 e. The summed E-state index contributed by atoms with van der Waals surface area (Å²) in [4.78, 5) is 12.2. The van der Waals surface area contributed by atoms with E-state index in [9.17, 15) is 10.1 Å². The lowest BCUT2D eigenvalue weighted by atomic mass is 10.0. The summed E-state index contributed by atoms with van der Waals surface area (Å²) in [6.07, 6.45) is 3.57. The van der Waals surface area contributed by atoms with Crippen LogP contribution in [0.2, 0.25) is 0 Å². The van der Waals surface area contributed by atoms with Gasteiger partial charge in [-0.05, 0) is 24.1 Å².